The van der Waals surface area contributed by atoms with Gasteiger partial charge >= 0.3 is 6.09 Å². The Morgan fingerprint density at radius 2 is 2.12 bits per heavy atom. The van der Waals surface area contributed by atoms with Crippen molar-refractivity contribution in [2.45, 2.75) is 71.2 Å². The fourth-order valence-electron chi connectivity index (χ4n) is 3.07. The fraction of sp³-hybridized carbons (Fsp3) is 0.571. The number of nitrogens with zero attached hydrogens (tertiary/aromatic N) is 1. The van der Waals surface area contributed by atoms with Gasteiger partial charge in [0.1, 0.15) is 11.3 Å². The number of carbonyl (C=O) groups is 1. The third-order valence-corrected chi connectivity index (χ3v) is 4.73. The first-order chi connectivity index (χ1) is 12.1. The van der Waals surface area contributed by atoms with E-state index in [4.69, 9.17) is 9.47 Å². The molecule has 0 aromatic heterocycles. The molecule has 0 radical (unpaired) electrons. The van der Waals surface area contributed by atoms with E-state index in [0.29, 0.717) is 6.61 Å². The Bertz CT molecular complexity index is 649. The summed E-state index contributed by atoms with van der Waals surface area (Å²) in [6.07, 6.45) is 6.72. The fourth-order valence-corrected chi connectivity index (χ4v) is 3.51. The summed E-state index contributed by atoms with van der Waals surface area (Å²) in [5.74, 6) is 0. The number of hydrogen-bond donors (Lipinski definition) is 0. The number of rotatable bonds is 5. The van der Waals surface area contributed by atoms with Crippen molar-refractivity contribution in [2.24, 2.45) is 0 Å². The summed E-state index contributed by atoms with van der Waals surface area (Å²) in [6.45, 7) is 10.0. The Hall–Kier alpha value is -1.33. The quantitative estimate of drug-likeness (QED) is 0.569. The molecule has 4 nitrogen and oxygen atoms in total. The first kappa shape index (κ1) is 21.0. The van der Waals surface area contributed by atoms with Gasteiger partial charge in [0.05, 0.1) is 12.6 Å². The molecule has 1 heterocycles. The second kappa shape index (κ2) is 8.57. The molecule has 1 aliphatic rings. The van der Waals surface area contributed by atoms with Crippen LogP contribution in [0.2, 0.25) is 0 Å². The van der Waals surface area contributed by atoms with E-state index in [9.17, 15) is 4.79 Å². The van der Waals surface area contributed by atoms with Crippen LogP contribution in [0.3, 0.4) is 0 Å². The molecule has 144 valence electrons. The summed E-state index contributed by atoms with van der Waals surface area (Å²) in [7, 11) is 0. The van der Waals surface area contributed by atoms with E-state index in [1.165, 1.54) is 5.56 Å². The Labute approximate surface area is 165 Å². The van der Waals surface area contributed by atoms with Crippen LogP contribution in [0, 0.1) is 0 Å². The molecule has 1 atom stereocenters. The minimum Gasteiger partial charge on any atom is -0.444 e. The van der Waals surface area contributed by atoms with Gasteiger partial charge in [-0.15, -0.1) is 0 Å². The smallest absolute Gasteiger partial charge is 0.412 e. The molecule has 1 aromatic rings. The minimum atomic E-state index is -0.632. The van der Waals surface area contributed by atoms with E-state index in [-0.39, 0.29) is 12.1 Å². The van der Waals surface area contributed by atoms with Crippen molar-refractivity contribution in [2.75, 3.05) is 6.61 Å². The van der Waals surface area contributed by atoms with Gasteiger partial charge in [0.2, 0.25) is 0 Å². The van der Waals surface area contributed by atoms with Gasteiger partial charge in [-0.1, -0.05) is 40.2 Å². The van der Waals surface area contributed by atoms with E-state index in [2.05, 4.69) is 40.2 Å². The summed E-state index contributed by atoms with van der Waals surface area (Å²) in [6, 6.07) is 8.36. The van der Waals surface area contributed by atoms with Gasteiger partial charge in [0.15, 0.2) is 0 Å². The minimum absolute atomic E-state index is 0.0374. The number of ether oxygens (including phenoxy) is 2. The highest BCUT2D eigenvalue weighted by Crippen LogP contribution is 2.31. The lowest BCUT2D eigenvalue weighted by molar-refractivity contribution is -0.0626. The summed E-state index contributed by atoms with van der Waals surface area (Å²) in [5.41, 5.74) is 0.133. The average molecular weight is 424 g/mol. The monoisotopic (exact) mass is 423 g/mol. The predicted molar refractivity (Wildman–Crippen MR) is 108 cm³/mol. The van der Waals surface area contributed by atoms with E-state index in [1.54, 1.807) is 4.90 Å². The normalized spacial score (nSPS) is 19.9. The van der Waals surface area contributed by atoms with Gasteiger partial charge in [-0.05, 0) is 71.6 Å². The van der Waals surface area contributed by atoms with Gasteiger partial charge in [-0.2, -0.15) is 0 Å². The number of hydrogen-bond acceptors (Lipinski definition) is 3. The molecule has 2 rings (SSSR count). The molecule has 0 saturated carbocycles. The molecule has 26 heavy (non-hydrogen) atoms. The highest BCUT2D eigenvalue weighted by molar-refractivity contribution is 9.10. The molecule has 0 spiro atoms. The number of benzene rings is 1. The largest absolute Gasteiger partial charge is 0.444 e. The molecular formula is C21H30BrNO3. The average Bonchev–Trinajstić information content (AvgIpc) is 2.80. The lowest BCUT2D eigenvalue weighted by atomic mass is 10.1. The van der Waals surface area contributed by atoms with Crippen LogP contribution < -0.4 is 0 Å². The van der Waals surface area contributed by atoms with Crippen molar-refractivity contribution in [1.29, 1.82) is 0 Å². The molecule has 0 N–H and O–H groups in total. The lowest BCUT2D eigenvalue weighted by Crippen LogP contribution is -2.49. The molecule has 1 aliphatic heterocycles. The molecule has 1 fully saturated rings. The van der Waals surface area contributed by atoms with Crippen molar-refractivity contribution < 1.29 is 14.3 Å². The second-order valence-electron chi connectivity index (χ2n) is 8.14. The second-order valence-corrected chi connectivity index (χ2v) is 9.06. The van der Waals surface area contributed by atoms with Crippen LogP contribution in [-0.2, 0) is 15.9 Å². The highest BCUT2D eigenvalue weighted by atomic mass is 79.9. The van der Waals surface area contributed by atoms with E-state index >= 15 is 0 Å². The van der Waals surface area contributed by atoms with Crippen molar-refractivity contribution in [3.63, 3.8) is 0 Å². The zero-order chi connectivity index (χ0) is 19.4. The summed E-state index contributed by atoms with van der Waals surface area (Å²) in [4.78, 5) is 14.3. The standard InChI is InChI=1S/C21H30BrNO3/c1-20(2,3)26-19(24)23-18(15-25-21(23,4)5)13-8-6-7-10-16-11-9-12-17(22)14-16/h6-7,9,11-12,14,18H,8,10,13,15H2,1-5H3/b7-6+/t18-/m0/s1. The molecule has 0 aliphatic carbocycles. The van der Waals surface area contributed by atoms with Gasteiger partial charge in [0.25, 0.3) is 0 Å². The van der Waals surface area contributed by atoms with E-state index < -0.39 is 11.3 Å². The Kier molecular flexibility index (Phi) is 6.92. The van der Waals surface area contributed by atoms with Gasteiger partial charge < -0.3 is 9.47 Å². The first-order valence-electron chi connectivity index (χ1n) is 9.14. The van der Waals surface area contributed by atoms with Crippen molar-refractivity contribution in [3.05, 3.63) is 46.5 Å². The number of amides is 1. The molecule has 0 bridgehead atoms. The zero-order valence-electron chi connectivity index (χ0n) is 16.4. The third kappa shape index (κ3) is 6.13. The van der Waals surface area contributed by atoms with Crippen molar-refractivity contribution in [3.8, 4) is 0 Å². The van der Waals surface area contributed by atoms with Crippen LogP contribution in [0.5, 0.6) is 0 Å². The zero-order valence-corrected chi connectivity index (χ0v) is 18.0. The molecule has 1 saturated heterocycles. The van der Waals surface area contributed by atoms with Crippen molar-refractivity contribution >= 4 is 22.0 Å². The van der Waals surface area contributed by atoms with Gasteiger partial charge in [-0.25, -0.2) is 4.79 Å². The van der Waals surface area contributed by atoms with Crippen molar-refractivity contribution in [1.82, 2.24) is 4.90 Å². The van der Waals surface area contributed by atoms with Crippen LogP contribution in [0.1, 0.15) is 53.0 Å². The van der Waals surface area contributed by atoms with Crippen LogP contribution >= 0.6 is 15.9 Å². The Morgan fingerprint density at radius 1 is 1.38 bits per heavy atom. The Balaban J connectivity index is 1.89. The SMILES string of the molecule is CC(C)(C)OC(=O)N1[C@@H](CC/C=C/Cc2cccc(Br)c2)COC1(C)C. The number of carbonyl (C=O) groups excluding carboxylic acids is 1. The molecule has 1 aromatic carbocycles. The molecule has 1 amide bonds. The van der Waals surface area contributed by atoms with Crippen LogP contribution in [0.15, 0.2) is 40.9 Å². The molecular weight excluding hydrogens is 394 g/mol. The molecule has 5 heteroatoms. The number of halogens is 1. The lowest BCUT2D eigenvalue weighted by Gasteiger charge is -2.35. The molecule has 0 unspecified atom stereocenters. The topological polar surface area (TPSA) is 38.8 Å². The van der Waals surface area contributed by atoms with Gasteiger partial charge in [0, 0.05) is 4.47 Å². The number of allylic oxidation sites excluding steroid dienone is 2. The maximum Gasteiger partial charge on any atom is 0.412 e. The maximum atomic E-state index is 12.6. The predicted octanol–water partition coefficient (Wildman–Crippen LogP) is 5.70. The summed E-state index contributed by atoms with van der Waals surface area (Å²) < 4.78 is 12.5. The summed E-state index contributed by atoms with van der Waals surface area (Å²) in [5, 5.41) is 0. The maximum absolute atomic E-state index is 12.6. The van der Waals surface area contributed by atoms with E-state index in [0.717, 1.165) is 23.7 Å². The Morgan fingerprint density at radius 3 is 2.77 bits per heavy atom. The summed E-state index contributed by atoms with van der Waals surface area (Å²) >= 11 is 3.49. The van der Waals surface area contributed by atoms with E-state index in [1.807, 2.05) is 46.8 Å². The first-order valence-corrected chi connectivity index (χ1v) is 9.93. The van der Waals surface area contributed by atoms with Crippen LogP contribution in [-0.4, -0.2) is 35.0 Å². The highest BCUT2D eigenvalue weighted by Gasteiger charge is 2.45. The third-order valence-electron chi connectivity index (χ3n) is 4.24. The van der Waals surface area contributed by atoms with Crippen LogP contribution in [0.25, 0.3) is 0 Å². The van der Waals surface area contributed by atoms with Gasteiger partial charge in [-0.3, -0.25) is 4.90 Å². The van der Waals surface area contributed by atoms with Crippen LogP contribution in [0.4, 0.5) is 4.79 Å².